The molecule has 148 valence electrons. The van der Waals surface area contributed by atoms with Crippen molar-refractivity contribution < 1.29 is 18.9 Å². The molecule has 2 N–H and O–H groups in total. The van der Waals surface area contributed by atoms with E-state index in [9.17, 15) is 14.4 Å². The minimum atomic E-state index is -0.366. The first-order valence-electron chi connectivity index (χ1n) is 9.82. The van der Waals surface area contributed by atoms with Crippen molar-refractivity contribution in [3.8, 4) is 0 Å². The fraction of sp³-hybridized carbons (Fsp3) is 0.684. The third kappa shape index (κ3) is 4.48. The molecule has 0 radical (unpaired) electrons. The highest BCUT2D eigenvalue weighted by Gasteiger charge is 2.31. The van der Waals surface area contributed by atoms with Crippen LogP contribution in [0.4, 0.5) is 0 Å². The molecule has 2 aliphatic heterocycles. The molecule has 1 aromatic heterocycles. The number of piperidine rings is 2. The molecule has 3 heterocycles. The number of amides is 3. The largest absolute Gasteiger partial charge is 0.369 e. The maximum Gasteiger partial charge on any atom is 0.292 e. The summed E-state index contributed by atoms with van der Waals surface area (Å²) >= 11 is 0. The minimum Gasteiger partial charge on any atom is -0.369 e. The average Bonchev–Trinajstić information content (AvgIpc) is 3.18. The molecule has 0 aromatic carbocycles. The molecule has 1 aromatic rings. The summed E-state index contributed by atoms with van der Waals surface area (Å²) in [5.74, 6) is -0.290. The minimum absolute atomic E-state index is 0.195. The lowest BCUT2D eigenvalue weighted by molar-refractivity contribution is -0.132. The van der Waals surface area contributed by atoms with Crippen LogP contribution in [-0.2, 0) is 9.59 Å². The predicted octanol–water partition coefficient (Wildman–Crippen LogP) is 1.52. The summed E-state index contributed by atoms with van der Waals surface area (Å²) in [5, 5.41) is 4.10. The molecule has 0 unspecified atom stereocenters. The maximum absolute atomic E-state index is 12.7. The van der Waals surface area contributed by atoms with Crippen molar-refractivity contribution in [1.29, 1.82) is 0 Å². The second-order valence-corrected chi connectivity index (χ2v) is 7.51. The predicted molar refractivity (Wildman–Crippen MR) is 97.8 cm³/mol. The fourth-order valence-corrected chi connectivity index (χ4v) is 3.93. The van der Waals surface area contributed by atoms with Crippen molar-refractivity contribution in [1.82, 2.24) is 15.0 Å². The summed E-state index contributed by atoms with van der Waals surface area (Å²) < 4.78 is 5.30. The molecule has 2 fully saturated rings. The maximum atomic E-state index is 12.7. The van der Waals surface area contributed by atoms with Gasteiger partial charge < -0.3 is 20.1 Å². The van der Waals surface area contributed by atoms with Gasteiger partial charge in [-0.1, -0.05) is 12.1 Å². The number of nitrogens with two attached hydrogens (primary N) is 1. The fourth-order valence-electron chi connectivity index (χ4n) is 3.93. The Bertz CT molecular complexity index is 694. The lowest BCUT2D eigenvalue weighted by Crippen LogP contribution is -2.44. The van der Waals surface area contributed by atoms with Crippen molar-refractivity contribution in [3.63, 3.8) is 0 Å². The Morgan fingerprint density at radius 2 is 1.93 bits per heavy atom. The summed E-state index contributed by atoms with van der Waals surface area (Å²) in [6, 6.07) is 1.71. The van der Waals surface area contributed by atoms with E-state index < -0.39 is 0 Å². The van der Waals surface area contributed by atoms with Gasteiger partial charge in [-0.15, -0.1) is 0 Å². The van der Waals surface area contributed by atoms with Gasteiger partial charge >= 0.3 is 0 Å². The van der Waals surface area contributed by atoms with Crippen LogP contribution in [0, 0.1) is 5.92 Å². The SMILES string of the molecule is CCCC(=O)N1CCC(c2cc(C(=O)N3CCC[C@@H](C(N)=O)C3)on2)CC1. The highest BCUT2D eigenvalue weighted by atomic mass is 16.5. The van der Waals surface area contributed by atoms with Gasteiger partial charge in [-0.05, 0) is 32.1 Å². The van der Waals surface area contributed by atoms with E-state index in [1.165, 1.54) is 0 Å². The quantitative estimate of drug-likeness (QED) is 0.838. The number of hydrogen-bond acceptors (Lipinski definition) is 5. The number of carbonyl (C=O) groups excluding carboxylic acids is 3. The Kier molecular flexibility index (Phi) is 6.13. The van der Waals surface area contributed by atoms with Gasteiger partial charge in [-0.2, -0.15) is 0 Å². The molecule has 8 nitrogen and oxygen atoms in total. The topological polar surface area (TPSA) is 110 Å². The number of primary amides is 1. The zero-order valence-electron chi connectivity index (χ0n) is 15.9. The number of hydrogen-bond donors (Lipinski definition) is 1. The van der Waals surface area contributed by atoms with Gasteiger partial charge in [0.05, 0.1) is 11.6 Å². The normalized spacial score (nSPS) is 21.3. The molecule has 2 saturated heterocycles. The number of likely N-dealkylation sites (tertiary alicyclic amines) is 2. The number of aromatic nitrogens is 1. The van der Waals surface area contributed by atoms with Gasteiger partial charge in [0.1, 0.15) is 0 Å². The zero-order chi connectivity index (χ0) is 19.4. The highest BCUT2D eigenvalue weighted by molar-refractivity contribution is 5.92. The van der Waals surface area contributed by atoms with E-state index in [2.05, 4.69) is 5.16 Å². The van der Waals surface area contributed by atoms with Gasteiger partial charge in [0.15, 0.2) is 0 Å². The number of carbonyl (C=O) groups is 3. The summed E-state index contributed by atoms with van der Waals surface area (Å²) in [5.41, 5.74) is 6.15. The van der Waals surface area contributed by atoms with Crippen molar-refractivity contribution in [3.05, 3.63) is 17.5 Å². The van der Waals surface area contributed by atoms with E-state index in [0.717, 1.165) is 37.8 Å². The molecule has 3 amide bonds. The molecular formula is C19H28N4O4. The van der Waals surface area contributed by atoms with Gasteiger partial charge in [0, 0.05) is 44.6 Å². The van der Waals surface area contributed by atoms with Crippen LogP contribution in [0.15, 0.2) is 10.6 Å². The van der Waals surface area contributed by atoms with Gasteiger partial charge in [-0.3, -0.25) is 14.4 Å². The molecule has 1 atom stereocenters. The highest BCUT2D eigenvalue weighted by Crippen LogP contribution is 2.28. The third-order valence-corrected chi connectivity index (χ3v) is 5.58. The van der Waals surface area contributed by atoms with Gasteiger partial charge in [0.25, 0.3) is 5.91 Å². The summed E-state index contributed by atoms with van der Waals surface area (Å²) in [6.07, 6.45) is 4.57. The molecule has 3 rings (SSSR count). The van der Waals surface area contributed by atoms with Crippen LogP contribution >= 0.6 is 0 Å². The average molecular weight is 376 g/mol. The first-order chi connectivity index (χ1) is 13.0. The molecule has 0 saturated carbocycles. The van der Waals surface area contributed by atoms with Crippen molar-refractivity contribution >= 4 is 17.7 Å². The molecular weight excluding hydrogens is 348 g/mol. The Morgan fingerprint density at radius 1 is 1.19 bits per heavy atom. The molecule has 0 spiro atoms. The van der Waals surface area contributed by atoms with Crippen molar-refractivity contribution in [2.75, 3.05) is 26.2 Å². The first-order valence-corrected chi connectivity index (χ1v) is 9.82. The number of rotatable bonds is 5. The second-order valence-electron chi connectivity index (χ2n) is 7.51. The first kappa shape index (κ1) is 19.4. The summed E-state index contributed by atoms with van der Waals surface area (Å²) in [7, 11) is 0. The van der Waals surface area contributed by atoms with Crippen LogP contribution < -0.4 is 5.73 Å². The van der Waals surface area contributed by atoms with Crippen molar-refractivity contribution in [2.45, 2.75) is 51.4 Å². The zero-order valence-corrected chi connectivity index (χ0v) is 15.9. The smallest absolute Gasteiger partial charge is 0.292 e. The Hall–Kier alpha value is -2.38. The Labute approximate surface area is 159 Å². The standard InChI is InChI=1S/C19H28N4O4/c1-2-4-17(24)22-9-6-13(7-10-22)15-11-16(27-21-15)19(26)23-8-3-5-14(12-23)18(20)25/h11,13-14H,2-10,12H2,1H3,(H2,20,25)/t14-/m1/s1. The molecule has 0 aliphatic carbocycles. The second kappa shape index (κ2) is 8.54. The van der Waals surface area contributed by atoms with Crippen LogP contribution in [0.2, 0.25) is 0 Å². The Balaban J connectivity index is 1.58. The van der Waals surface area contributed by atoms with Crippen molar-refractivity contribution in [2.24, 2.45) is 11.7 Å². The van der Waals surface area contributed by atoms with Gasteiger partial charge in [-0.25, -0.2) is 0 Å². The molecule has 27 heavy (non-hydrogen) atoms. The molecule has 0 bridgehead atoms. The molecule has 2 aliphatic rings. The van der Waals surface area contributed by atoms with E-state index in [4.69, 9.17) is 10.3 Å². The van der Waals surface area contributed by atoms with Crippen LogP contribution in [0.25, 0.3) is 0 Å². The Morgan fingerprint density at radius 3 is 2.59 bits per heavy atom. The lowest BCUT2D eigenvalue weighted by atomic mass is 9.93. The van der Waals surface area contributed by atoms with Crippen LogP contribution in [0.1, 0.15) is 67.6 Å². The van der Waals surface area contributed by atoms with Crippen LogP contribution in [0.3, 0.4) is 0 Å². The van der Waals surface area contributed by atoms with E-state index >= 15 is 0 Å². The van der Waals surface area contributed by atoms with Gasteiger partial charge in [0.2, 0.25) is 17.6 Å². The summed E-state index contributed by atoms with van der Waals surface area (Å²) in [6.45, 7) is 4.36. The van der Waals surface area contributed by atoms with E-state index in [0.29, 0.717) is 32.6 Å². The lowest BCUT2D eigenvalue weighted by Gasteiger charge is -2.31. The monoisotopic (exact) mass is 376 g/mol. The van der Waals surface area contributed by atoms with E-state index in [-0.39, 0.29) is 35.3 Å². The summed E-state index contributed by atoms with van der Waals surface area (Å²) in [4.78, 5) is 39.6. The van der Waals surface area contributed by atoms with Crippen LogP contribution in [0.5, 0.6) is 0 Å². The van der Waals surface area contributed by atoms with Crippen LogP contribution in [-0.4, -0.2) is 58.9 Å². The van der Waals surface area contributed by atoms with E-state index in [1.54, 1.807) is 11.0 Å². The third-order valence-electron chi connectivity index (χ3n) is 5.58. The number of nitrogens with zero attached hydrogens (tertiary/aromatic N) is 3. The van der Waals surface area contributed by atoms with E-state index in [1.807, 2.05) is 11.8 Å². The molecule has 8 heteroatoms.